The molecule has 3 nitrogen and oxygen atoms in total. The Morgan fingerprint density at radius 1 is 1.26 bits per heavy atom. The van der Waals surface area contributed by atoms with Crippen LogP contribution in [0.4, 0.5) is 5.69 Å². The highest BCUT2D eigenvalue weighted by Gasteiger charge is 2.13. The van der Waals surface area contributed by atoms with E-state index in [0.717, 1.165) is 31.5 Å². The number of unbranched alkanes of at least 4 members (excludes halogenated alkanes) is 2. The van der Waals surface area contributed by atoms with Crippen molar-refractivity contribution in [2.45, 2.75) is 32.6 Å². The average Bonchev–Trinajstić information content (AvgIpc) is 2.37. The van der Waals surface area contributed by atoms with Gasteiger partial charge in [-0.15, -0.1) is 0 Å². The number of nitrogens with zero attached hydrogens (tertiary/aromatic N) is 1. The summed E-state index contributed by atoms with van der Waals surface area (Å²) in [5.41, 5.74) is 0.812. The van der Waals surface area contributed by atoms with Gasteiger partial charge in [-0.25, -0.2) is 0 Å². The Hall–Kier alpha value is -0.930. The van der Waals surface area contributed by atoms with Gasteiger partial charge < -0.3 is 10.0 Å². The molecule has 0 bridgehead atoms. The van der Waals surface area contributed by atoms with Gasteiger partial charge in [-0.3, -0.25) is 4.79 Å². The largest absolute Gasteiger partial charge is 0.481 e. The van der Waals surface area contributed by atoms with Gasteiger partial charge in [-0.2, -0.15) is 0 Å². The Kier molecular flexibility index (Phi) is 7.03. The monoisotopic (exact) mass is 303 g/mol. The summed E-state index contributed by atoms with van der Waals surface area (Å²) in [5.74, 6) is -0.807. The van der Waals surface area contributed by atoms with Crippen LogP contribution in [0, 0.1) is 0 Å². The molecule has 0 atom stereocenters. The second-order valence-electron chi connectivity index (χ2n) is 4.41. The summed E-state index contributed by atoms with van der Waals surface area (Å²) in [5, 5.41) is 9.81. The lowest BCUT2D eigenvalue weighted by Crippen LogP contribution is -2.27. The molecule has 0 aliphatic heterocycles. The van der Waals surface area contributed by atoms with E-state index >= 15 is 0 Å². The van der Waals surface area contributed by atoms with Crippen molar-refractivity contribution < 1.29 is 9.90 Å². The third-order valence-electron chi connectivity index (χ3n) is 2.90. The first-order valence-electron chi connectivity index (χ1n) is 6.47. The molecule has 0 aromatic heterocycles. The van der Waals surface area contributed by atoms with E-state index < -0.39 is 5.97 Å². The summed E-state index contributed by atoms with van der Waals surface area (Å²) >= 11 is 12.2. The van der Waals surface area contributed by atoms with Crippen LogP contribution in [-0.4, -0.2) is 24.2 Å². The SMILES string of the molecule is CCCCCN(CCC(=O)O)c1cccc(Cl)c1Cl. The summed E-state index contributed by atoms with van der Waals surface area (Å²) in [6, 6.07) is 5.44. The molecule has 19 heavy (non-hydrogen) atoms. The van der Waals surface area contributed by atoms with Gasteiger partial charge >= 0.3 is 5.97 Å². The van der Waals surface area contributed by atoms with Gasteiger partial charge in [-0.1, -0.05) is 49.0 Å². The fourth-order valence-corrected chi connectivity index (χ4v) is 2.29. The minimum Gasteiger partial charge on any atom is -0.481 e. The van der Waals surface area contributed by atoms with Crippen molar-refractivity contribution in [1.29, 1.82) is 0 Å². The highest BCUT2D eigenvalue weighted by Crippen LogP contribution is 2.32. The predicted octanol–water partition coefficient (Wildman–Crippen LogP) is 4.46. The van der Waals surface area contributed by atoms with Crippen LogP contribution in [-0.2, 0) is 4.79 Å². The summed E-state index contributed by atoms with van der Waals surface area (Å²) in [7, 11) is 0. The molecule has 0 heterocycles. The maximum Gasteiger partial charge on any atom is 0.305 e. The van der Waals surface area contributed by atoms with E-state index in [4.69, 9.17) is 28.3 Å². The lowest BCUT2D eigenvalue weighted by atomic mass is 10.2. The minimum absolute atomic E-state index is 0.0922. The molecule has 106 valence electrons. The lowest BCUT2D eigenvalue weighted by Gasteiger charge is -2.25. The third kappa shape index (κ3) is 5.29. The Morgan fingerprint density at radius 3 is 2.63 bits per heavy atom. The number of anilines is 1. The molecule has 1 N–H and O–H groups in total. The topological polar surface area (TPSA) is 40.5 Å². The van der Waals surface area contributed by atoms with E-state index in [9.17, 15) is 4.79 Å². The van der Waals surface area contributed by atoms with Gasteiger partial charge in [0.25, 0.3) is 0 Å². The number of halogens is 2. The highest BCUT2D eigenvalue weighted by atomic mass is 35.5. The minimum atomic E-state index is -0.807. The second kappa shape index (κ2) is 8.28. The van der Waals surface area contributed by atoms with Crippen LogP contribution < -0.4 is 4.90 Å². The molecule has 0 aliphatic rings. The fraction of sp³-hybridized carbons (Fsp3) is 0.500. The molecule has 5 heteroatoms. The molecule has 1 aromatic rings. The van der Waals surface area contributed by atoms with Crippen molar-refractivity contribution >= 4 is 34.9 Å². The summed E-state index contributed by atoms with van der Waals surface area (Å²) in [6.07, 6.45) is 3.34. The quantitative estimate of drug-likeness (QED) is 0.721. The maximum atomic E-state index is 10.7. The Bertz CT molecular complexity index is 424. The van der Waals surface area contributed by atoms with Crippen LogP contribution in [0.3, 0.4) is 0 Å². The number of hydrogen-bond donors (Lipinski definition) is 1. The van der Waals surface area contributed by atoms with E-state index in [1.807, 2.05) is 17.0 Å². The van der Waals surface area contributed by atoms with Crippen molar-refractivity contribution in [2.24, 2.45) is 0 Å². The van der Waals surface area contributed by atoms with Crippen molar-refractivity contribution in [3.63, 3.8) is 0 Å². The number of aliphatic carboxylic acids is 1. The first kappa shape index (κ1) is 16.1. The summed E-state index contributed by atoms with van der Waals surface area (Å²) in [6.45, 7) is 3.37. The Morgan fingerprint density at radius 2 is 2.00 bits per heavy atom. The molecule has 0 fully saturated rings. The van der Waals surface area contributed by atoms with E-state index in [1.165, 1.54) is 0 Å². The maximum absolute atomic E-state index is 10.7. The summed E-state index contributed by atoms with van der Waals surface area (Å²) < 4.78 is 0. The van der Waals surface area contributed by atoms with Crippen LogP contribution in [0.25, 0.3) is 0 Å². The molecule has 0 saturated heterocycles. The highest BCUT2D eigenvalue weighted by molar-refractivity contribution is 6.43. The van der Waals surface area contributed by atoms with Crippen molar-refractivity contribution in [1.82, 2.24) is 0 Å². The molecule has 0 saturated carbocycles. The normalized spacial score (nSPS) is 10.5. The average molecular weight is 304 g/mol. The molecule has 0 radical (unpaired) electrons. The molecule has 1 aromatic carbocycles. The zero-order valence-electron chi connectivity index (χ0n) is 11.0. The Labute approximate surface area is 124 Å². The number of carboxylic acids is 1. The van der Waals surface area contributed by atoms with Gasteiger partial charge in [-0.05, 0) is 18.6 Å². The molecular weight excluding hydrogens is 285 g/mol. The smallest absolute Gasteiger partial charge is 0.305 e. The van der Waals surface area contributed by atoms with E-state index in [1.54, 1.807) is 6.07 Å². The zero-order chi connectivity index (χ0) is 14.3. The van der Waals surface area contributed by atoms with Gasteiger partial charge in [0.1, 0.15) is 0 Å². The van der Waals surface area contributed by atoms with Crippen molar-refractivity contribution in [2.75, 3.05) is 18.0 Å². The molecule has 0 aliphatic carbocycles. The standard InChI is InChI=1S/C14H19Cl2NO2/c1-2-3-4-9-17(10-8-13(18)19)12-7-5-6-11(15)14(12)16/h5-7H,2-4,8-10H2,1H3,(H,18,19). The molecule has 0 amide bonds. The van der Waals surface area contributed by atoms with Gasteiger partial charge in [0.15, 0.2) is 0 Å². The van der Waals surface area contributed by atoms with Crippen molar-refractivity contribution in [3.8, 4) is 0 Å². The number of benzene rings is 1. The van der Waals surface area contributed by atoms with E-state index in [0.29, 0.717) is 16.6 Å². The lowest BCUT2D eigenvalue weighted by molar-refractivity contribution is -0.136. The molecular formula is C14H19Cl2NO2. The first-order chi connectivity index (χ1) is 9.06. The number of rotatable bonds is 8. The summed E-state index contributed by atoms with van der Waals surface area (Å²) in [4.78, 5) is 12.7. The van der Waals surface area contributed by atoms with Crippen LogP contribution in [0.5, 0.6) is 0 Å². The third-order valence-corrected chi connectivity index (χ3v) is 3.71. The van der Waals surface area contributed by atoms with Gasteiger partial charge in [0.2, 0.25) is 0 Å². The van der Waals surface area contributed by atoms with Crippen LogP contribution in [0.1, 0.15) is 32.6 Å². The number of carbonyl (C=O) groups is 1. The van der Waals surface area contributed by atoms with E-state index in [-0.39, 0.29) is 6.42 Å². The van der Waals surface area contributed by atoms with E-state index in [2.05, 4.69) is 6.92 Å². The molecule has 0 unspecified atom stereocenters. The number of carboxylic acid groups (broad SMARTS) is 1. The van der Waals surface area contributed by atoms with Crippen molar-refractivity contribution in [3.05, 3.63) is 28.2 Å². The van der Waals surface area contributed by atoms with Gasteiger partial charge in [0, 0.05) is 13.1 Å². The van der Waals surface area contributed by atoms with Crippen LogP contribution >= 0.6 is 23.2 Å². The zero-order valence-corrected chi connectivity index (χ0v) is 12.5. The molecule has 0 spiro atoms. The second-order valence-corrected chi connectivity index (χ2v) is 5.20. The first-order valence-corrected chi connectivity index (χ1v) is 7.22. The molecule has 1 rings (SSSR count). The van der Waals surface area contributed by atoms with Gasteiger partial charge in [0.05, 0.1) is 22.2 Å². The fourth-order valence-electron chi connectivity index (χ4n) is 1.87. The predicted molar refractivity (Wildman–Crippen MR) is 80.5 cm³/mol. The Balaban J connectivity index is 2.81. The van der Waals surface area contributed by atoms with Crippen LogP contribution in [0.2, 0.25) is 10.0 Å². The van der Waals surface area contributed by atoms with Crippen LogP contribution in [0.15, 0.2) is 18.2 Å². The number of hydrogen-bond acceptors (Lipinski definition) is 2.